The number of nitrogens with zero attached hydrogens (tertiary/aromatic N) is 1. The summed E-state index contributed by atoms with van der Waals surface area (Å²) in [7, 11) is 0. The lowest BCUT2D eigenvalue weighted by molar-refractivity contribution is -0.131. The van der Waals surface area contributed by atoms with Gasteiger partial charge in [-0.25, -0.2) is 8.78 Å². The van der Waals surface area contributed by atoms with Crippen molar-refractivity contribution in [2.45, 2.75) is 38.1 Å². The van der Waals surface area contributed by atoms with Gasteiger partial charge in [0, 0.05) is 25.2 Å². The predicted molar refractivity (Wildman–Crippen MR) is 87.6 cm³/mol. The molecule has 0 radical (unpaired) electrons. The van der Waals surface area contributed by atoms with Crippen LogP contribution < -0.4 is 5.32 Å². The molecule has 2 fully saturated rings. The van der Waals surface area contributed by atoms with E-state index < -0.39 is 11.6 Å². The summed E-state index contributed by atoms with van der Waals surface area (Å²) in [6, 6.07) is 3.87. The van der Waals surface area contributed by atoms with Crippen molar-refractivity contribution in [1.29, 1.82) is 0 Å². The fourth-order valence-corrected chi connectivity index (χ4v) is 2.93. The lowest BCUT2D eigenvalue weighted by atomic mass is 10.0. The first-order valence-corrected chi connectivity index (χ1v) is 8.07. The Morgan fingerprint density at radius 1 is 1.17 bits per heavy atom. The Balaban J connectivity index is 0.00000192. The topological polar surface area (TPSA) is 32.3 Å². The Hall–Kier alpha value is -1.20. The maximum Gasteiger partial charge on any atom is 0.227 e. The van der Waals surface area contributed by atoms with E-state index >= 15 is 0 Å². The molecule has 3 nitrogen and oxygen atoms in total. The molecule has 1 saturated carbocycles. The van der Waals surface area contributed by atoms with E-state index in [1.54, 1.807) is 4.90 Å². The van der Waals surface area contributed by atoms with Crippen LogP contribution in [0.4, 0.5) is 8.78 Å². The minimum atomic E-state index is -0.644. The third-order valence-electron chi connectivity index (χ3n) is 4.60. The number of likely N-dealkylation sites (tertiary alicyclic amines) is 1. The maximum absolute atomic E-state index is 13.6. The molecule has 1 aliphatic carbocycles. The summed E-state index contributed by atoms with van der Waals surface area (Å²) in [5.74, 6) is -0.474. The number of carbonyl (C=O) groups excluding carboxylic acids is 1. The Labute approximate surface area is 141 Å². The highest BCUT2D eigenvalue weighted by atomic mass is 35.5. The van der Waals surface area contributed by atoms with Crippen LogP contribution in [0.1, 0.15) is 31.2 Å². The van der Waals surface area contributed by atoms with E-state index in [1.165, 1.54) is 25.0 Å². The van der Waals surface area contributed by atoms with Crippen molar-refractivity contribution in [3.8, 4) is 0 Å². The molecule has 2 aliphatic rings. The SMILES string of the molecule is Cl.O=C(Cc1ccc(F)cc1F)N1CCC(NCC2CC2)CC1. The molecule has 0 unspecified atom stereocenters. The van der Waals surface area contributed by atoms with Crippen molar-refractivity contribution in [3.63, 3.8) is 0 Å². The average molecular weight is 345 g/mol. The Bertz CT molecular complexity index is 543. The van der Waals surface area contributed by atoms with Crippen LogP contribution in [-0.2, 0) is 11.2 Å². The average Bonchev–Trinajstić information content (AvgIpc) is 3.33. The first kappa shape index (κ1) is 18.1. The van der Waals surface area contributed by atoms with Gasteiger partial charge in [-0.2, -0.15) is 0 Å². The van der Waals surface area contributed by atoms with Crippen molar-refractivity contribution >= 4 is 18.3 Å². The molecule has 6 heteroatoms. The van der Waals surface area contributed by atoms with Crippen LogP contribution in [0.2, 0.25) is 0 Å². The summed E-state index contributed by atoms with van der Waals surface area (Å²) in [6.45, 7) is 2.52. The van der Waals surface area contributed by atoms with E-state index in [9.17, 15) is 13.6 Å². The number of amides is 1. The molecule has 1 aromatic carbocycles. The summed E-state index contributed by atoms with van der Waals surface area (Å²) < 4.78 is 26.5. The summed E-state index contributed by atoms with van der Waals surface area (Å²) in [6.07, 6.45) is 4.59. The molecule has 0 aromatic heterocycles. The van der Waals surface area contributed by atoms with E-state index in [0.717, 1.165) is 31.4 Å². The molecule has 1 N–H and O–H groups in total. The van der Waals surface area contributed by atoms with Crippen molar-refractivity contribution in [2.24, 2.45) is 5.92 Å². The van der Waals surface area contributed by atoms with Gasteiger partial charge in [-0.1, -0.05) is 6.07 Å². The summed E-state index contributed by atoms with van der Waals surface area (Å²) >= 11 is 0. The second-order valence-corrected chi connectivity index (χ2v) is 6.42. The first-order valence-electron chi connectivity index (χ1n) is 8.07. The second kappa shape index (κ2) is 8.06. The van der Waals surface area contributed by atoms with Crippen molar-refractivity contribution in [2.75, 3.05) is 19.6 Å². The third-order valence-corrected chi connectivity index (χ3v) is 4.60. The van der Waals surface area contributed by atoms with Crippen LogP contribution >= 0.6 is 12.4 Å². The van der Waals surface area contributed by atoms with Gasteiger partial charge in [-0.15, -0.1) is 12.4 Å². The van der Waals surface area contributed by atoms with Crippen LogP contribution in [0.15, 0.2) is 18.2 Å². The van der Waals surface area contributed by atoms with Crippen molar-refractivity contribution in [1.82, 2.24) is 10.2 Å². The van der Waals surface area contributed by atoms with E-state index in [4.69, 9.17) is 0 Å². The molecule has 0 spiro atoms. The molecule has 1 amide bonds. The number of halogens is 3. The second-order valence-electron chi connectivity index (χ2n) is 6.42. The molecule has 0 atom stereocenters. The highest BCUT2D eigenvalue weighted by Gasteiger charge is 2.26. The number of rotatable bonds is 5. The van der Waals surface area contributed by atoms with Crippen LogP contribution in [0.5, 0.6) is 0 Å². The van der Waals surface area contributed by atoms with Crippen LogP contribution in [-0.4, -0.2) is 36.5 Å². The third kappa shape index (κ3) is 5.15. The van der Waals surface area contributed by atoms with E-state index in [-0.39, 0.29) is 30.3 Å². The molecule has 1 aromatic rings. The number of piperidine rings is 1. The summed E-state index contributed by atoms with van der Waals surface area (Å²) in [4.78, 5) is 14.0. The van der Waals surface area contributed by atoms with Gasteiger partial charge in [0.25, 0.3) is 0 Å². The fraction of sp³-hybridized carbons (Fsp3) is 0.588. The smallest absolute Gasteiger partial charge is 0.227 e. The quantitative estimate of drug-likeness (QED) is 0.890. The van der Waals surface area contributed by atoms with Crippen molar-refractivity contribution < 1.29 is 13.6 Å². The molecule has 1 saturated heterocycles. The highest BCUT2D eigenvalue weighted by Crippen LogP contribution is 2.28. The molecule has 3 rings (SSSR count). The molecule has 0 bridgehead atoms. The molecule has 128 valence electrons. The van der Waals surface area contributed by atoms with Gasteiger partial charge in [0.2, 0.25) is 5.91 Å². The standard InChI is InChI=1S/C17H22F2N2O.ClH/c18-14-4-3-13(16(19)10-14)9-17(22)21-7-5-15(6-8-21)20-11-12-1-2-12;/h3-4,10,12,15,20H,1-2,5-9,11H2;1H. The number of benzene rings is 1. The first-order chi connectivity index (χ1) is 10.6. The lowest BCUT2D eigenvalue weighted by Gasteiger charge is -2.32. The number of hydrogen-bond acceptors (Lipinski definition) is 2. The van der Waals surface area contributed by atoms with Gasteiger partial charge in [0.05, 0.1) is 6.42 Å². The lowest BCUT2D eigenvalue weighted by Crippen LogP contribution is -2.45. The monoisotopic (exact) mass is 344 g/mol. The van der Waals surface area contributed by atoms with E-state index in [0.29, 0.717) is 19.1 Å². The maximum atomic E-state index is 13.6. The van der Waals surface area contributed by atoms with E-state index in [2.05, 4.69) is 5.32 Å². The van der Waals surface area contributed by atoms with E-state index in [1.807, 2.05) is 0 Å². The number of nitrogens with one attached hydrogen (secondary N) is 1. The van der Waals surface area contributed by atoms with Gasteiger partial charge in [0.15, 0.2) is 0 Å². The fourth-order valence-electron chi connectivity index (χ4n) is 2.93. The van der Waals surface area contributed by atoms with Gasteiger partial charge < -0.3 is 10.2 Å². The summed E-state index contributed by atoms with van der Waals surface area (Å²) in [5, 5.41) is 3.57. The highest BCUT2D eigenvalue weighted by molar-refractivity contribution is 5.85. The Morgan fingerprint density at radius 2 is 1.87 bits per heavy atom. The van der Waals surface area contributed by atoms with Crippen LogP contribution in [0.3, 0.4) is 0 Å². The largest absolute Gasteiger partial charge is 0.342 e. The molecular weight excluding hydrogens is 322 g/mol. The molecule has 23 heavy (non-hydrogen) atoms. The van der Waals surface area contributed by atoms with Gasteiger partial charge in [-0.05, 0) is 49.8 Å². The predicted octanol–water partition coefficient (Wildman–Crippen LogP) is 2.92. The number of carbonyl (C=O) groups is 1. The van der Waals surface area contributed by atoms with Gasteiger partial charge >= 0.3 is 0 Å². The minimum Gasteiger partial charge on any atom is -0.342 e. The zero-order chi connectivity index (χ0) is 15.5. The Morgan fingerprint density at radius 3 is 2.48 bits per heavy atom. The van der Waals surface area contributed by atoms with Crippen LogP contribution in [0.25, 0.3) is 0 Å². The molecule has 1 heterocycles. The minimum absolute atomic E-state index is 0. The van der Waals surface area contributed by atoms with Crippen LogP contribution in [0, 0.1) is 17.6 Å². The molecular formula is C17H23ClF2N2O. The Kier molecular flexibility index (Phi) is 6.36. The van der Waals surface area contributed by atoms with Gasteiger partial charge in [-0.3, -0.25) is 4.79 Å². The van der Waals surface area contributed by atoms with Crippen molar-refractivity contribution in [3.05, 3.63) is 35.4 Å². The molecule has 1 aliphatic heterocycles. The summed E-state index contributed by atoms with van der Waals surface area (Å²) in [5.41, 5.74) is 0.264. The normalized spacial score (nSPS) is 18.6. The number of hydrogen-bond donors (Lipinski definition) is 1. The van der Waals surface area contributed by atoms with Gasteiger partial charge in [0.1, 0.15) is 11.6 Å². The zero-order valence-electron chi connectivity index (χ0n) is 13.1. The zero-order valence-corrected chi connectivity index (χ0v) is 13.9.